The molecule has 0 aromatic heterocycles. The van der Waals surface area contributed by atoms with E-state index in [1.165, 1.54) is 11.1 Å². The zero-order valence-electron chi connectivity index (χ0n) is 9.59. The lowest BCUT2D eigenvalue weighted by atomic mass is 9.93. The second kappa shape index (κ2) is 4.69. The van der Waals surface area contributed by atoms with Gasteiger partial charge in [0.15, 0.2) is 0 Å². The molecule has 0 fully saturated rings. The van der Waals surface area contributed by atoms with E-state index in [-0.39, 0.29) is 12.1 Å². The number of hydrogen-bond donors (Lipinski definition) is 2. The van der Waals surface area contributed by atoms with Crippen molar-refractivity contribution in [2.75, 3.05) is 13.2 Å². The number of fused-ring (bicyclic) bond motifs is 1. The lowest BCUT2D eigenvalue weighted by Gasteiger charge is -2.28. The van der Waals surface area contributed by atoms with Gasteiger partial charge >= 0.3 is 0 Å². The minimum absolute atomic E-state index is 0.134. The lowest BCUT2D eigenvalue weighted by molar-refractivity contribution is 0.165. The molecule has 1 unspecified atom stereocenters. The summed E-state index contributed by atoms with van der Waals surface area (Å²) in [6, 6.07) is 8.32. The molecule has 2 N–H and O–H groups in total. The van der Waals surface area contributed by atoms with Crippen molar-refractivity contribution in [3.05, 3.63) is 35.4 Å². The molecule has 0 radical (unpaired) electrons. The predicted octanol–water partition coefficient (Wildman–Crippen LogP) is 1.43. The second-order valence-electron chi connectivity index (χ2n) is 4.18. The number of rotatable bonds is 3. The fraction of sp³-hybridized carbons (Fsp3) is 0.429. The Bertz CT molecular complexity index is 430. The highest BCUT2D eigenvalue weighted by atomic mass is 16.3. The highest BCUT2D eigenvalue weighted by Gasteiger charge is 2.37. The van der Waals surface area contributed by atoms with Crippen molar-refractivity contribution < 1.29 is 5.11 Å². The first kappa shape index (κ1) is 11.2. The van der Waals surface area contributed by atoms with E-state index in [1.54, 1.807) is 0 Å². The molecule has 0 saturated carbocycles. The van der Waals surface area contributed by atoms with Crippen LogP contribution < -0.4 is 5.32 Å². The molecule has 0 saturated heterocycles. The molecule has 16 heavy (non-hydrogen) atoms. The number of nitrogens with one attached hydrogen (secondary N) is 1. The van der Waals surface area contributed by atoms with Gasteiger partial charge in [-0.15, -0.1) is 5.92 Å². The van der Waals surface area contributed by atoms with Gasteiger partial charge in [-0.2, -0.15) is 0 Å². The second-order valence-corrected chi connectivity index (χ2v) is 4.18. The monoisotopic (exact) mass is 215 g/mol. The average molecular weight is 215 g/mol. The van der Waals surface area contributed by atoms with Crippen molar-refractivity contribution in [1.82, 2.24) is 5.32 Å². The minimum Gasteiger partial charge on any atom is -0.394 e. The maximum absolute atomic E-state index is 9.65. The Morgan fingerprint density at radius 1 is 1.44 bits per heavy atom. The van der Waals surface area contributed by atoms with Crippen LogP contribution in [0.25, 0.3) is 0 Å². The van der Waals surface area contributed by atoms with Crippen LogP contribution >= 0.6 is 0 Å². The van der Waals surface area contributed by atoms with E-state index in [0.717, 1.165) is 12.8 Å². The van der Waals surface area contributed by atoms with Crippen LogP contribution in [-0.4, -0.2) is 18.3 Å². The summed E-state index contributed by atoms with van der Waals surface area (Å²) in [7, 11) is 0. The molecule has 2 heteroatoms. The highest BCUT2D eigenvalue weighted by Crippen LogP contribution is 2.36. The van der Waals surface area contributed by atoms with Gasteiger partial charge in [-0.05, 0) is 30.9 Å². The van der Waals surface area contributed by atoms with Crippen molar-refractivity contribution in [1.29, 1.82) is 0 Å². The van der Waals surface area contributed by atoms with Crippen molar-refractivity contribution in [2.45, 2.75) is 25.3 Å². The largest absolute Gasteiger partial charge is 0.394 e. The Morgan fingerprint density at radius 2 is 2.25 bits per heavy atom. The van der Waals surface area contributed by atoms with Crippen LogP contribution in [0.3, 0.4) is 0 Å². The number of hydrogen-bond acceptors (Lipinski definition) is 2. The summed E-state index contributed by atoms with van der Waals surface area (Å²) in [6.45, 7) is 2.59. The zero-order chi connectivity index (χ0) is 11.4. The molecule has 0 spiro atoms. The van der Waals surface area contributed by atoms with Crippen LogP contribution in [0.1, 0.15) is 24.5 Å². The molecule has 0 heterocycles. The van der Waals surface area contributed by atoms with Crippen LogP contribution in [0, 0.1) is 11.8 Å². The first-order valence-electron chi connectivity index (χ1n) is 5.66. The van der Waals surface area contributed by atoms with Gasteiger partial charge in [-0.25, -0.2) is 0 Å². The van der Waals surface area contributed by atoms with Gasteiger partial charge in [0.2, 0.25) is 0 Å². The average Bonchev–Trinajstić information content (AvgIpc) is 2.70. The van der Waals surface area contributed by atoms with Crippen LogP contribution in [-0.2, 0) is 12.0 Å². The Balaban J connectivity index is 2.25. The van der Waals surface area contributed by atoms with Crippen molar-refractivity contribution >= 4 is 0 Å². The first-order valence-corrected chi connectivity index (χ1v) is 5.66. The maximum Gasteiger partial charge on any atom is 0.0682 e. The van der Waals surface area contributed by atoms with E-state index in [0.29, 0.717) is 6.54 Å². The van der Waals surface area contributed by atoms with Gasteiger partial charge in [0.25, 0.3) is 0 Å². The molecule has 0 bridgehead atoms. The molecule has 0 amide bonds. The van der Waals surface area contributed by atoms with Gasteiger partial charge in [0.05, 0.1) is 18.7 Å². The first-order chi connectivity index (χ1) is 7.82. The quantitative estimate of drug-likeness (QED) is 0.748. The van der Waals surface area contributed by atoms with Gasteiger partial charge in [0.1, 0.15) is 0 Å². The number of aliphatic hydroxyl groups is 1. The zero-order valence-corrected chi connectivity index (χ0v) is 9.59. The number of benzene rings is 1. The van der Waals surface area contributed by atoms with Crippen molar-refractivity contribution in [3.63, 3.8) is 0 Å². The molecular weight excluding hydrogens is 198 g/mol. The smallest absolute Gasteiger partial charge is 0.0682 e. The third-order valence-electron chi connectivity index (χ3n) is 3.32. The number of aliphatic hydroxyl groups excluding tert-OH is 1. The fourth-order valence-electron chi connectivity index (χ4n) is 2.39. The van der Waals surface area contributed by atoms with Gasteiger partial charge in [-0.1, -0.05) is 30.2 Å². The van der Waals surface area contributed by atoms with E-state index in [9.17, 15) is 5.11 Å². The SMILES string of the molecule is CC#CCNC1(CO)CCc2ccccc21. The van der Waals surface area contributed by atoms with E-state index in [4.69, 9.17) is 0 Å². The summed E-state index contributed by atoms with van der Waals surface area (Å²) < 4.78 is 0. The molecule has 2 nitrogen and oxygen atoms in total. The third-order valence-corrected chi connectivity index (χ3v) is 3.32. The normalized spacial score (nSPS) is 22.4. The predicted molar refractivity (Wildman–Crippen MR) is 65.0 cm³/mol. The summed E-state index contributed by atoms with van der Waals surface area (Å²) in [5.74, 6) is 5.86. The van der Waals surface area contributed by atoms with Crippen LogP contribution in [0.5, 0.6) is 0 Å². The van der Waals surface area contributed by atoms with Crippen molar-refractivity contribution in [3.8, 4) is 11.8 Å². The minimum atomic E-state index is -0.277. The molecule has 1 aromatic carbocycles. The summed E-state index contributed by atoms with van der Waals surface area (Å²) in [4.78, 5) is 0. The Morgan fingerprint density at radius 3 is 3.00 bits per heavy atom. The van der Waals surface area contributed by atoms with E-state index in [2.05, 4.69) is 35.4 Å². The van der Waals surface area contributed by atoms with Gasteiger partial charge in [0, 0.05) is 0 Å². The summed E-state index contributed by atoms with van der Waals surface area (Å²) >= 11 is 0. The molecular formula is C14H17NO. The molecule has 2 rings (SSSR count). The van der Waals surface area contributed by atoms with E-state index >= 15 is 0 Å². The van der Waals surface area contributed by atoms with Crippen molar-refractivity contribution in [2.24, 2.45) is 0 Å². The Kier molecular flexibility index (Phi) is 3.28. The Hall–Kier alpha value is -1.30. The van der Waals surface area contributed by atoms with Crippen LogP contribution in [0.2, 0.25) is 0 Å². The molecule has 0 aliphatic heterocycles. The summed E-state index contributed by atoms with van der Waals surface area (Å²) in [5, 5.41) is 13.0. The summed E-state index contributed by atoms with van der Waals surface area (Å²) in [5.41, 5.74) is 2.30. The standard InChI is InChI=1S/C14H17NO/c1-2-3-10-15-14(11-16)9-8-12-6-4-5-7-13(12)14/h4-7,15-16H,8-11H2,1H3. The third kappa shape index (κ3) is 1.84. The maximum atomic E-state index is 9.65. The molecule has 84 valence electrons. The Labute approximate surface area is 96.7 Å². The molecule has 1 atom stereocenters. The number of aryl methyl sites for hydroxylation is 1. The van der Waals surface area contributed by atoms with E-state index in [1.807, 2.05) is 13.0 Å². The highest BCUT2D eigenvalue weighted by molar-refractivity contribution is 5.39. The molecule has 1 aromatic rings. The molecule has 1 aliphatic rings. The molecule has 1 aliphatic carbocycles. The van der Waals surface area contributed by atoms with Gasteiger partial charge < -0.3 is 5.11 Å². The topological polar surface area (TPSA) is 32.3 Å². The summed E-state index contributed by atoms with van der Waals surface area (Å²) in [6.07, 6.45) is 1.98. The van der Waals surface area contributed by atoms with Crippen LogP contribution in [0.4, 0.5) is 0 Å². The van der Waals surface area contributed by atoms with Crippen LogP contribution in [0.15, 0.2) is 24.3 Å². The lowest BCUT2D eigenvalue weighted by Crippen LogP contribution is -2.44. The van der Waals surface area contributed by atoms with Gasteiger partial charge in [-0.3, -0.25) is 5.32 Å². The fourth-order valence-corrected chi connectivity index (χ4v) is 2.39. The van der Waals surface area contributed by atoms with E-state index < -0.39 is 0 Å².